The van der Waals surface area contributed by atoms with Crippen molar-refractivity contribution < 1.29 is 9.53 Å². The normalized spacial score (nSPS) is 11.2. The summed E-state index contributed by atoms with van der Waals surface area (Å²) in [4.78, 5) is 18.2. The number of nitrogens with zero attached hydrogens (tertiary/aromatic N) is 3. The number of rotatable bonds is 6. The van der Waals surface area contributed by atoms with Gasteiger partial charge in [0.25, 0.3) is 0 Å². The maximum Gasteiger partial charge on any atom is 0.246 e. The van der Waals surface area contributed by atoms with E-state index in [0.29, 0.717) is 24.0 Å². The molecule has 0 atom stereocenters. The van der Waals surface area contributed by atoms with Gasteiger partial charge in [0.1, 0.15) is 18.0 Å². The number of benzene rings is 1. The highest BCUT2D eigenvalue weighted by Gasteiger charge is 2.09. The molecule has 0 saturated carbocycles. The van der Waals surface area contributed by atoms with Crippen molar-refractivity contribution >= 4 is 29.2 Å². The molecule has 0 spiro atoms. The summed E-state index contributed by atoms with van der Waals surface area (Å²) in [5.41, 5.74) is 2.56. The van der Waals surface area contributed by atoms with Gasteiger partial charge < -0.3 is 9.64 Å². The van der Waals surface area contributed by atoms with E-state index in [1.807, 2.05) is 60.0 Å². The number of ether oxygens (including phenoxy) is 1. The lowest BCUT2D eigenvalue weighted by Gasteiger charge is -2.15. The Bertz CT molecular complexity index is 949. The Morgan fingerprint density at radius 2 is 2.15 bits per heavy atom. The molecule has 2 aromatic heterocycles. The first-order valence-corrected chi connectivity index (χ1v) is 8.67. The minimum absolute atomic E-state index is 0.125. The molecule has 6 heteroatoms. The van der Waals surface area contributed by atoms with E-state index in [-0.39, 0.29) is 5.91 Å². The highest BCUT2D eigenvalue weighted by atomic mass is 35.5. The van der Waals surface area contributed by atoms with E-state index in [9.17, 15) is 4.79 Å². The van der Waals surface area contributed by atoms with Gasteiger partial charge in [0.05, 0.1) is 12.2 Å². The van der Waals surface area contributed by atoms with E-state index in [1.54, 1.807) is 18.0 Å². The van der Waals surface area contributed by atoms with Crippen molar-refractivity contribution in [3.05, 3.63) is 71.1 Å². The van der Waals surface area contributed by atoms with Crippen LogP contribution in [-0.2, 0) is 4.79 Å². The monoisotopic (exact) mass is 369 g/mol. The first-order chi connectivity index (χ1) is 12.5. The summed E-state index contributed by atoms with van der Waals surface area (Å²) in [5.74, 6) is 0.679. The number of aryl methyl sites for hydroxylation is 1. The van der Waals surface area contributed by atoms with Crippen LogP contribution >= 0.6 is 11.6 Å². The molecule has 0 N–H and O–H groups in total. The van der Waals surface area contributed by atoms with Gasteiger partial charge in [0.15, 0.2) is 5.15 Å². The van der Waals surface area contributed by atoms with E-state index >= 15 is 0 Å². The fraction of sp³-hybridized carbons (Fsp3) is 0.200. The number of halogens is 1. The fourth-order valence-electron chi connectivity index (χ4n) is 2.53. The van der Waals surface area contributed by atoms with Gasteiger partial charge in [-0.15, -0.1) is 0 Å². The van der Waals surface area contributed by atoms with Gasteiger partial charge in [0.2, 0.25) is 5.91 Å². The summed E-state index contributed by atoms with van der Waals surface area (Å²) in [5, 5.41) is 0.366. The van der Waals surface area contributed by atoms with Crippen LogP contribution in [0.25, 0.3) is 11.7 Å². The molecule has 0 aliphatic heterocycles. The second kappa shape index (κ2) is 8.06. The topological polar surface area (TPSA) is 46.8 Å². The molecule has 0 aliphatic rings. The van der Waals surface area contributed by atoms with Crippen LogP contribution in [-0.4, -0.2) is 40.4 Å². The van der Waals surface area contributed by atoms with Crippen LogP contribution in [0.1, 0.15) is 11.3 Å². The van der Waals surface area contributed by atoms with E-state index in [4.69, 9.17) is 16.3 Å². The maximum absolute atomic E-state index is 12.3. The van der Waals surface area contributed by atoms with E-state index < -0.39 is 0 Å². The third-order valence-electron chi connectivity index (χ3n) is 3.97. The molecular formula is C20H20ClN3O2. The van der Waals surface area contributed by atoms with Gasteiger partial charge in [-0.2, -0.15) is 0 Å². The third-order valence-corrected chi connectivity index (χ3v) is 4.25. The standard InChI is InChI=1S/C20H20ClN3O2/c1-15-6-5-7-16(14-15)26-13-12-23(2)19(25)10-9-17-20(21)22-18-8-3-4-11-24(17)18/h3-11,14H,12-13H2,1-2H3/b10-9+. The predicted octanol–water partition coefficient (Wildman–Crippen LogP) is 3.85. The molecule has 0 unspecified atom stereocenters. The predicted molar refractivity (Wildman–Crippen MR) is 104 cm³/mol. The van der Waals surface area contributed by atoms with Gasteiger partial charge in [-0.3, -0.25) is 9.20 Å². The molecule has 5 nitrogen and oxygen atoms in total. The molecule has 134 valence electrons. The summed E-state index contributed by atoms with van der Waals surface area (Å²) in [7, 11) is 1.74. The van der Waals surface area contributed by atoms with Crippen molar-refractivity contribution in [2.75, 3.05) is 20.2 Å². The summed E-state index contributed by atoms with van der Waals surface area (Å²) in [6.07, 6.45) is 5.04. The van der Waals surface area contributed by atoms with Crippen LogP contribution < -0.4 is 4.74 Å². The van der Waals surface area contributed by atoms with Gasteiger partial charge in [0, 0.05) is 19.3 Å². The van der Waals surface area contributed by atoms with Crippen LogP contribution in [0.3, 0.4) is 0 Å². The Morgan fingerprint density at radius 1 is 1.31 bits per heavy atom. The molecule has 1 amide bonds. The molecule has 0 radical (unpaired) electrons. The Balaban J connectivity index is 1.58. The highest BCUT2D eigenvalue weighted by molar-refractivity contribution is 6.31. The number of amides is 1. The number of carbonyl (C=O) groups excluding carboxylic acids is 1. The van der Waals surface area contributed by atoms with Gasteiger partial charge in [-0.1, -0.05) is 29.8 Å². The van der Waals surface area contributed by atoms with Crippen molar-refractivity contribution in [3.63, 3.8) is 0 Å². The zero-order chi connectivity index (χ0) is 18.5. The minimum atomic E-state index is -0.125. The molecule has 3 rings (SSSR count). The van der Waals surface area contributed by atoms with Crippen molar-refractivity contribution in [2.24, 2.45) is 0 Å². The first-order valence-electron chi connectivity index (χ1n) is 8.30. The average molecular weight is 370 g/mol. The lowest BCUT2D eigenvalue weighted by Crippen LogP contribution is -2.29. The van der Waals surface area contributed by atoms with Crippen LogP contribution in [0.4, 0.5) is 0 Å². The van der Waals surface area contributed by atoms with E-state index in [2.05, 4.69) is 4.98 Å². The van der Waals surface area contributed by atoms with Gasteiger partial charge in [-0.05, 0) is 42.8 Å². The second-order valence-electron chi connectivity index (χ2n) is 5.97. The maximum atomic E-state index is 12.3. The van der Waals surface area contributed by atoms with Crippen molar-refractivity contribution in [2.45, 2.75) is 6.92 Å². The number of likely N-dealkylation sites (N-methyl/N-ethyl adjacent to an activating group) is 1. The highest BCUT2D eigenvalue weighted by Crippen LogP contribution is 2.19. The van der Waals surface area contributed by atoms with Crippen LogP contribution in [0.2, 0.25) is 5.15 Å². The smallest absolute Gasteiger partial charge is 0.246 e. The number of hydrogen-bond donors (Lipinski definition) is 0. The molecule has 26 heavy (non-hydrogen) atoms. The fourth-order valence-corrected chi connectivity index (χ4v) is 2.77. The van der Waals surface area contributed by atoms with Gasteiger partial charge in [-0.25, -0.2) is 4.98 Å². The summed E-state index contributed by atoms with van der Waals surface area (Å²) in [6, 6.07) is 13.5. The molecule has 3 aromatic rings. The number of imidazole rings is 1. The molecule has 0 aliphatic carbocycles. The van der Waals surface area contributed by atoms with Gasteiger partial charge >= 0.3 is 0 Å². The van der Waals surface area contributed by atoms with Crippen molar-refractivity contribution in [1.82, 2.24) is 14.3 Å². The summed E-state index contributed by atoms with van der Waals surface area (Å²) in [6.45, 7) is 2.92. The summed E-state index contributed by atoms with van der Waals surface area (Å²) < 4.78 is 7.52. The Kier molecular flexibility index (Phi) is 5.58. The summed E-state index contributed by atoms with van der Waals surface area (Å²) >= 11 is 6.17. The Morgan fingerprint density at radius 3 is 2.96 bits per heavy atom. The number of pyridine rings is 1. The molecular weight excluding hydrogens is 350 g/mol. The minimum Gasteiger partial charge on any atom is -0.492 e. The Hall–Kier alpha value is -2.79. The number of fused-ring (bicyclic) bond motifs is 1. The SMILES string of the molecule is Cc1cccc(OCCN(C)C(=O)/C=C/c2c(Cl)nc3ccccn23)c1. The number of aromatic nitrogens is 2. The Labute approximate surface area is 157 Å². The lowest BCUT2D eigenvalue weighted by atomic mass is 10.2. The first kappa shape index (κ1) is 18.0. The van der Waals surface area contributed by atoms with Crippen LogP contribution in [0.15, 0.2) is 54.7 Å². The van der Waals surface area contributed by atoms with E-state index in [0.717, 1.165) is 17.0 Å². The van der Waals surface area contributed by atoms with Crippen molar-refractivity contribution in [3.8, 4) is 5.75 Å². The lowest BCUT2D eigenvalue weighted by molar-refractivity contribution is -0.125. The number of carbonyl (C=O) groups is 1. The second-order valence-corrected chi connectivity index (χ2v) is 6.33. The van der Waals surface area contributed by atoms with E-state index in [1.165, 1.54) is 6.08 Å². The zero-order valence-electron chi connectivity index (χ0n) is 14.7. The van der Waals surface area contributed by atoms with Crippen LogP contribution in [0.5, 0.6) is 5.75 Å². The molecule has 0 fully saturated rings. The zero-order valence-corrected chi connectivity index (χ0v) is 15.5. The molecule has 0 bridgehead atoms. The average Bonchev–Trinajstić information content (AvgIpc) is 2.94. The largest absolute Gasteiger partial charge is 0.492 e. The third kappa shape index (κ3) is 4.24. The molecule has 0 saturated heterocycles. The molecule has 2 heterocycles. The van der Waals surface area contributed by atoms with Crippen molar-refractivity contribution in [1.29, 1.82) is 0 Å². The quantitative estimate of drug-likeness (QED) is 0.620. The van der Waals surface area contributed by atoms with Crippen LogP contribution in [0, 0.1) is 6.92 Å². The molecule has 1 aromatic carbocycles. The number of hydrogen-bond acceptors (Lipinski definition) is 3.